The molecule has 0 saturated heterocycles. The van der Waals surface area contributed by atoms with Crippen LogP contribution in [0.25, 0.3) is 0 Å². The summed E-state index contributed by atoms with van der Waals surface area (Å²) in [6.45, 7) is 8.63. The molecule has 1 heterocycles. The van der Waals surface area contributed by atoms with Gasteiger partial charge in [-0.1, -0.05) is 45.0 Å². The summed E-state index contributed by atoms with van der Waals surface area (Å²) in [5.74, 6) is 6.60. The fourth-order valence-electron chi connectivity index (χ4n) is 2.39. The van der Waals surface area contributed by atoms with Gasteiger partial charge in [-0.05, 0) is 36.0 Å². The molecular formula is C17H24N2O. The van der Waals surface area contributed by atoms with E-state index in [0.717, 1.165) is 17.7 Å². The van der Waals surface area contributed by atoms with Gasteiger partial charge in [-0.2, -0.15) is 0 Å². The molecule has 0 aliphatic carbocycles. The summed E-state index contributed by atoms with van der Waals surface area (Å²) in [5, 5.41) is 0. The topological polar surface area (TPSA) is 51.2 Å². The molecule has 0 radical (unpaired) electrons. The molecular weight excluding hydrogens is 248 g/mol. The zero-order valence-electron chi connectivity index (χ0n) is 12.7. The number of benzene rings is 1. The van der Waals surface area contributed by atoms with E-state index in [1.54, 1.807) is 6.26 Å². The maximum absolute atomic E-state index is 5.69. The minimum absolute atomic E-state index is 0.0780. The van der Waals surface area contributed by atoms with Crippen LogP contribution in [-0.4, -0.2) is 0 Å². The number of furan rings is 1. The van der Waals surface area contributed by atoms with Crippen molar-refractivity contribution in [3.63, 3.8) is 0 Å². The molecule has 1 atom stereocenters. The third-order valence-electron chi connectivity index (χ3n) is 3.74. The highest BCUT2D eigenvalue weighted by Gasteiger charge is 2.16. The standard InChI is InChI=1S/C17H24N2O/c1-12-15(9-10-20-12)16(19-18)11-13-5-7-14(8-6-13)17(2,3)4/h5-10,16,19H,11,18H2,1-4H3. The van der Waals surface area contributed by atoms with Crippen molar-refractivity contribution in [1.29, 1.82) is 0 Å². The van der Waals surface area contributed by atoms with Gasteiger partial charge in [0, 0.05) is 5.56 Å². The van der Waals surface area contributed by atoms with Crippen LogP contribution in [0, 0.1) is 6.92 Å². The summed E-state index contributed by atoms with van der Waals surface area (Å²) in [7, 11) is 0. The van der Waals surface area contributed by atoms with E-state index in [2.05, 4.69) is 50.5 Å². The van der Waals surface area contributed by atoms with E-state index in [9.17, 15) is 0 Å². The van der Waals surface area contributed by atoms with Gasteiger partial charge in [-0.15, -0.1) is 0 Å². The van der Waals surface area contributed by atoms with Crippen LogP contribution in [0.15, 0.2) is 41.0 Å². The van der Waals surface area contributed by atoms with Gasteiger partial charge in [0.05, 0.1) is 12.3 Å². The summed E-state index contributed by atoms with van der Waals surface area (Å²) < 4.78 is 5.35. The molecule has 1 unspecified atom stereocenters. The van der Waals surface area contributed by atoms with Crippen molar-refractivity contribution in [1.82, 2.24) is 5.43 Å². The summed E-state index contributed by atoms with van der Waals surface area (Å²) in [4.78, 5) is 0. The van der Waals surface area contributed by atoms with Crippen LogP contribution >= 0.6 is 0 Å². The van der Waals surface area contributed by atoms with Crippen LogP contribution in [0.3, 0.4) is 0 Å². The number of aryl methyl sites for hydroxylation is 1. The normalized spacial score (nSPS) is 13.4. The Hall–Kier alpha value is -1.58. The van der Waals surface area contributed by atoms with Crippen molar-refractivity contribution in [3.05, 3.63) is 59.0 Å². The molecule has 2 aromatic rings. The largest absolute Gasteiger partial charge is 0.469 e. The fraction of sp³-hybridized carbons (Fsp3) is 0.412. The smallest absolute Gasteiger partial charge is 0.105 e. The van der Waals surface area contributed by atoms with Crippen molar-refractivity contribution >= 4 is 0 Å². The minimum Gasteiger partial charge on any atom is -0.469 e. The molecule has 0 fully saturated rings. The second-order valence-electron chi connectivity index (χ2n) is 6.30. The van der Waals surface area contributed by atoms with Crippen LogP contribution in [-0.2, 0) is 11.8 Å². The van der Waals surface area contributed by atoms with Crippen LogP contribution in [0.4, 0.5) is 0 Å². The first-order valence-corrected chi connectivity index (χ1v) is 7.01. The van der Waals surface area contributed by atoms with Crippen molar-refractivity contribution < 1.29 is 4.42 Å². The highest BCUT2D eigenvalue weighted by Crippen LogP contribution is 2.25. The first kappa shape index (κ1) is 14.8. The van der Waals surface area contributed by atoms with Gasteiger partial charge in [0.25, 0.3) is 0 Å². The van der Waals surface area contributed by atoms with E-state index in [1.807, 2.05) is 13.0 Å². The molecule has 0 bridgehead atoms. The summed E-state index contributed by atoms with van der Waals surface area (Å²) in [5.41, 5.74) is 6.79. The predicted molar refractivity (Wildman–Crippen MR) is 82.4 cm³/mol. The number of hydrogen-bond acceptors (Lipinski definition) is 3. The van der Waals surface area contributed by atoms with E-state index >= 15 is 0 Å². The van der Waals surface area contributed by atoms with Gasteiger partial charge in [0.15, 0.2) is 0 Å². The second-order valence-corrected chi connectivity index (χ2v) is 6.30. The lowest BCUT2D eigenvalue weighted by molar-refractivity contribution is 0.501. The zero-order valence-corrected chi connectivity index (χ0v) is 12.7. The molecule has 0 spiro atoms. The van der Waals surface area contributed by atoms with Gasteiger partial charge < -0.3 is 4.42 Å². The monoisotopic (exact) mass is 272 g/mol. The lowest BCUT2D eigenvalue weighted by atomic mass is 9.86. The molecule has 0 saturated carbocycles. The quantitative estimate of drug-likeness (QED) is 0.660. The van der Waals surface area contributed by atoms with Crippen molar-refractivity contribution in [3.8, 4) is 0 Å². The average molecular weight is 272 g/mol. The van der Waals surface area contributed by atoms with Crippen molar-refractivity contribution in [2.45, 2.75) is 45.6 Å². The molecule has 0 aliphatic heterocycles. The van der Waals surface area contributed by atoms with Crippen molar-refractivity contribution in [2.75, 3.05) is 0 Å². The maximum atomic E-state index is 5.69. The fourth-order valence-corrected chi connectivity index (χ4v) is 2.39. The molecule has 108 valence electrons. The molecule has 3 heteroatoms. The molecule has 20 heavy (non-hydrogen) atoms. The molecule has 2 rings (SSSR count). The van der Waals surface area contributed by atoms with E-state index in [-0.39, 0.29) is 11.5 Å². The van der Waals surface area contributed by atoms with Crippen LogP contribution in [0.2, 0.25) is 0 Å². The third kappa shape index (κ3) is 3.30. The molecule has 3 N–H and O–H groups in total. The van der Waals surface area contributed by atoms with E-state index in [0.29, 0.717) is 0 Å². The molecule has 0 aliphatic rings. The number of hydrogen-bond donors (Lipinski definition) is 2. The summed E-state index contributed by atoms with van der Waals surface area (Å²) >= 11 is 0. The summed E-state index contributed by atoms with van der Waals surface area (Å²) in [6.07, 6.45) is 2.55. The maximum Gasteiger partial charge on any atom is 0.105 e. The number of hydrazine groups is 1. The minimum atomic E-state index is 0.0780. The Morgan fingerprint density at radius 1 is 1.15 bits per heavy atom. The highest BCUT2D eigenvalue weighted by molar-refractivity contribution is 5.30. The SMILES string of the molecule is Cc1occc1C(Cc1ccc(C(C)(C)C)cc1)NN. The number of nitrogens with two attached hydrogens (primary N) is 1. The second kappa shape index (κ2) is 5.81. The van der Waals surface area contributed by atoms with E-state index in [4.69, 9.17) is 10.3 Å². The van der Waals surface area contributed by atoms with Gasteiger partial charge in [0.2, 0.25) is 0 Å². The Kier molecular flexibility index (Phi) is 4.31. The van der Waals surface area contributed by atoms with Gasteiger partial charge >= 0.3 is 0 Å². The third-order valence-corrected chi connectivity index (χ3v) is 3.74. The Balaban J connectivity index is 2.15. The Bertz CT molecular complexity index is 549. The van der Waals surface area contributed by atoms with E-state index in [1.165, 1.54) is 11.1 Å². The van der Waals surface area contributed by atoms with Crippen molar-refractivity contribution in [2.24, 2.45) is 5.84 Å². The molecule has 3 nitrogen and oxygen atoms in total. The molecule has 1 aromatic heterocycles. The zero-order chi connectivity index (χ0) is 14.8. The van der Waals surface area contributed by atoms with Gasteiger partial charge in [0.1, 0.15) is 5.76 Å². The predicted octanol–water partition coefficient (Wildman–Crippen LogP) is 3.63. The van der Waals surface area contributed by atoms with Gasteiger partial charge in [-0.3, -0.25) is 11.3 Å². The molecule has 0 amide bonds. The van der Waals surface area contributed by atoms with Crippen LogP contribution < -0.4 is 11.3 Å². The molecule has 1 aromatic carbocycles. The Morgan fingerprint density at radius 3 is 2.25 bits per heavy atom. The average Bonchev–Trinajstić information content (AvgIpc) is 2.82. The lowest BCUT2D eigenvalue weighted by Gasteiger charge is -2.20. The number of rotatable bonds is 4. The first-order chi connectivity index (χ1) is 9.41. The highest BCUT2D eigenvalue weighted by atomic mass is 16.3. The Labute approximate surface area is 121 Å². The lowest BCUT2D eigenvalue weighted by Crippen LogP contribution is -2.29. The first-order valence-electron chi connectivity index (χ1n) is 7.01. The van der Waals surface area contributed by atoms with Gasteiger partial charge in [-0.25, -0.2) is 0 Å². The summed E-state index contributed by atoms with van der Waals surface area (Å²) in [6, 6.07) is 10.8. The van der Waals surface area contributed by atoms with Crippen LogP contribution in [0.1, 0.15) is 49.3 Å². The Morgan fingerprint density at radius 2 is 1.80 bits per heavy atom. The van der Waals surface area contributed by atoms with E-state index < -0.39 is 0 Å². The number of nitrogens with one attached hydrogen (secondary N) is 1. The van der Waals surface area contributed by atoms with Crippen LogP contribution in [0.5, 0.6) is 0 Å².